The first-order chi connectivity index (χ1) is 17.6. The first kappa shape index (κ1) is 31.2. The minimum Gasteiger partial charge on any atom is -0.479 e. The van der Waals surface area contributed by atoms with E-state index in [1.807, 2.05) is 0 Å². The molecule has 0 aliphatic carbocycles. The molecule has 1 fully saturated rings. The summed E-state index contributed by atoms with van der Waals surface area (Å²) in [6, 6.07) is -1.03. The number of fused-ring (bicyclic) bond motifs is 1. The van der Waals surface area contributed by atoms with E-state index in [-0.39, 0.29) is 41.1 Å². The Morgan fingerprint density at radius 2 is 2.08 bits per heavy atom. The van der Waals surface area contributed by atoms with Crippen molar-refractivity contribution in [3.05, 3.63) is 21.7 Å². The summed E-state index contributed by atoms with van der Waals surface area (Å²) in [5.41, 5.74) is 5.30. The van der Waals surface area contributed by atoms with Crippen LogP contribution in [0.4, 0.5) is 5.13 Å². The minimum atomic E-state index is -1.31. The monoisotopic (exact) mass is 609 g/mol. The summed E-state index contributed by atoms with van der Waals surface area (Å²) in [6.45, 7) is 2.18. The van der Waals surface area contributed by atoms with Crippen molar-refractivity contribution < 1.29 is 43.4 Å². The number of aliphatic carboxylic acids is 1. The summed E-state index contributed by atoms with van der Waals surface area (Å²) in [7, 11) is 0. The van der Waals surface area contributed by atoms with E-state index >= 15 is 0 Å². The molecule has 2 unspecified atom stereocenters. The van der Waals surface area contributed by atoms with Gasteiger partial charge in [0.25, 0.3) is 11.8 Å². The standard InChI is InChI=1S/C20H23N5O9S3.ClH/c1-4-12(28)33-8(2)34-19(31)15-10(35-3)7-36-18-14(17(30)25(15)18)23-16(29)13(24-32-5-11(26)27)9-6-37-20(21)22-9;/h6,8,14,18H,4-5,7H2,1-3H3,(H2,21,22)(H,23,29)(H,26,27);1H/t8?,14?,18-;/m0./s1. The van der Waals surface area contributed by atoms with Crippen molar-refractivity contribution >= 4 is 87.8 Å². The van der Waals surface area contributed by atoms with Crippen LogP contribution >= 0.6 is 47.3 Å². The normalized spacial score (nSPS) is 19.4. The third-order valence-electron chi connectivity index (χ3n) is 4.84. The molecule has 208 valence electrons. The van der Waals surface area contributed by atoms with Gasteiger partial charge in [0, 0.05) is 29.4 Å². The number of nitrogens with one attached hydrogen (secondary N) is 1. The van der Waals surface area contributed by atoms with E-state index in [1.165, 1.54) is 40.7 Å². The first-order valence-corrected chi connectivity index (χ1v) is 13.8. The van der Waals surface area contributed by atoms with E-state index in [9.17, 15) is 24.0 Å². The van der Waals surface area contributed by atoms with Crippen molar-refractivity contribution in [1.82, 2.24) is 15.2 Å². The highest BCUT2D eigenvalue weighted by molar-refractivity contribution is 8.05. The van der Waals surface area contributed by atoms with Crippen LogP contribution in [0, 0.1) is 0 Å². The molecule has 14 nitrogen and oxygen atoms in total. The molecule has 1 aromatic rings. The molecule has 0 aromatic carbocycles. The van der Waals surface area contributed by atoms with Crippen LogP contribution in [0.15, 0.2) is 21.1 Å². The van der Waals surface area contributed by atoms with Crippen molar-refractivity contribution in [2.75, 3.05) is 24.3 Å². The summed E-state index contributed by atoms with van der Waals surface area (Å²) >= 11 is 3.62. The molecule has 2 amide bonds. The predicted octanol–water partition coefficient (Wildman–Crippen LogP) is 0.769. The average molecular weight is 610 g/mol. The number of ether oxygens (including phenoxy) is 2. The highest BCUT2D eigenvalue weighted by Gasteiger charge is 2.55. The lowest BCUT2D eigenvalue weighted by Crippen LogP contribution is -2.71. The molecule has 0 spiro atoms. The number of hydrogen-bond donors (Lipinski definition) is 3. The van der Waals surface area contributed by atoms with Gasteiger partial charge in [0.15, 0.2) is 10.8 Å². The molecule has 3 rings (SSSR count). The Bertz CT molecular complexity index is 1170. The number of carbonyl (C=O) groups is 5. The molecule has 0 saturated carbocycles. The number of amides is 2. The predicted molar refractivity (Wildman–Crippen MR) is 141 cm³/mol. The number of nitrogens with two attached hydrogens (primary N) is 1. The molecule has 0 radical (unpaired) electrons. The van der Waals surface area contributed by atoms with Gasteiger partial charge in [-0.3, -0.25) is 19.3 Å². The summed E-state index contributed by atoms with van der Waals surface area (Å²) in [4.78, 5) is 71.7. The molecule has 4 N–H and O–H groups in total. The summed E-state index contributed by atoms with van der Waals surface area (Å²) in [6.07, 6.45) is 0.684. The van der Waals surface area contributed by atoms with Gasteiger partial charge in [-0.1, -0.05) is 12.1 Å². The second kappa shape index (κ2) is 13.7. The van der Waals surface area contributed by atoms with Crippen LogP contribution in [-0.2, 0) is 38.3 Å². The zero-order chi connectivity index (χ0) is 27.3. The number of carbonyl (C=O) groups excluding carboxylic acids is 4. The number of halogens is 1. The van der Waals surface area contributed by atoms with Gasteiger partial charge in [0.2, 0.25) is 12.9 Å². The molecular formula is C20H24ClN5O9S3. The number of anilines is 1. The number of carboxylic acid groups (broad SMARTS) is 1. The number of hydrogen-bond acceptors (Lipinski definition) is 14. The van der Waals surface area contributed by atoms with Gasteiger partial charge in [0.1, 0.15) is 22.8 Å². The minimum absolute atomic E-state index is 0. The SMILES string of the molecule is CCC(=O)OC(C)OC(=O)C1=C(SC)CS[C@H]2C(NC(=O)C(=NOCC(=O)O)c3csc(N)n3)C(=O)N12.Cl. The summed E-state index contributed by atoms with van der Waals surface area (Å²) < 4.78 is 10.2. The van der Waals surface area contributed by atoms with Crippen LogP contribution in [-0.4, -0.2) is 86.7 Å². The Kier molecular flexibility index (Phi) is 11.2. The molecule has 2 aliphatic rings. The van der Waals surface area contributed by atoms with Crippen LogP contribution in [0.2, 0.25) is 0 Å². The number of nitrogens with zero attached hydrogens (tertiary/aromatic N) is 3. The Hall–Kier alpha value is -3.02. The number of aromatic nitrogens is 1. The number of rotatable bonds is 11. The number of oxime groups is 1. The lowest BCUT2D eigenvalue weighted by molar-refractivity contribution is -0.184. The summed E-state index contributed by atoms with van der Waals surface area (Å²) in [5.74, 6) is -3.76. The lowest BCUT2D eigenvalue weighted by atomic mass is 10.0. The first-order valence-electron chi connectivity index (χ1n) is 10.6. The number of esters is 2. The maximum Gasteiger partial charge on any atom is 0.359 e. The fourth-order valence-corrected chi connectivity index (χ4v) is 5.99. The van der Waals surface area contributed by atoms with Gasteiger partial charge in [-0.15, -0.1) is 47.3 Å². The molecule has 3 heterocycles. The van der Waals surface area contributed by atoms with E-state index in [0.717, 1.165) is 11.3 Å². The largest absolute Gasteiger partial charge is 0.479 e. The quantitative estimate of drug-likeness (QED) is 0.104. The molecular weight excluding hydrogens is 586 g/mol. The number of β-lactam (4-membered cyclic amide) rings is 1. The van der Waals surface area contributed by atoms with Crippen molar-refractivity contribution in [3.8, 4) is 0 Å². The fourth-order valence-electron chi connectivity index (χ4n) is 3.20. The number of thiazole rings is 1. The zero-order valence-corrected chi connectivity index (χ0v) is 23.5. The number of thioether (sulfide) groups is 2. The Balaban J connectivity index is 0.00000507. The average Bonchev–Trinajstić information content (AvgIpc) is 3.28. The van der Waals surface area contributed by atoms with Gasteiger partial charge in [-0.2, -0.15) is 0 Å². The molecule has 1 aromatic heterocycles. The second-order valence-corrected chi connectivity index (χ2v) is 10.2. The third-order valence-corrected chi connectivity index (χ3v) is 7.81. The fraction of sp³-hybridized carbons (Fsp3) is 0.450. The van der Waals surface area contributed by atoms with Crippen molar-refractivity contribution in [2.24, 2.45) is 5.16 Å². The number of carboxylic acids is 1. The van der Waals surface area contributed by atoms with Gasteiger partial charge in [-0.25, -0.2) is 14.6 Å². The van der Waals surface area contributed by atoms with E-state index in [2.05, 4.69) is 15.5 Å². The maximum absolute atomic E-state index is 13.1. The second-order valence-electron chi connectivity index (χ2n) is 7.33. The van der Waals surface area contributed by atoms with Crippen LogP contribution in [0.3, 0.4) is 0 Å². The Morgan fingerprint density at radius 1 is 1.37 bits per heavy atom. The van der Waals surface area contributed by atoms with Crippen LogP contribution in [0.25, 0.3) is 0 Å². The van der Waals surface area contributed by atoms with Crippen LogP contribution in [0.5, 0.6) is 0 Å². The third kappa shape index (κ3) is 7.09. The summed E-state index contributed by atoms with van der Waals surface area (Å²) in [5, 5.41) is 15.8. The molecule has 18 heteroatoms. The lowest BCUT2D eigenvalue weighted by Gasteiger charge is -2.49. The van der Waals surface area contributed by atoms with Crippen LogP contribution < -0.4 is 11.1 Å². The highest BCUT2D eigenvalue weighted by atomic mass is 35.5. The van der Waals surface area contributed by atoms with E-state index in [1.54, 1.807) is 13.2 Å². The van der Waals surface area contributed by atoms with Gasteiger partial charge in [0.05, 0.1) is 0 Å². The molecule has 1 saturated heterocycles. The topological polar surface area (TPSA) is 200 Å². The van der Waals surface area contributed by atoms with E-state index in [4.69, 9.17) is 25.2 Å². The molecule has 0 bridgehead atoms. The van der Waals surface area contributed by atoms with Crippen molar-refractivity contribution in [1.29, 1.82) is 0 Å². The number of nitrogen functional groups attached to an aromatic ring is 1. The van der Waals surface area contributed by atoms with Crippen LogP contribution in [0.1, 0.15) is 26.0 Å². The smallest absolute Gasteiger partial charge is 0.359 e. The van der Waals surface area contributed by atoms with E-state index in [0.29, 0.717) is 10.7 Å². The Labute approximate surface area is 235 Å². The molecule has 38 heavy (non-hydrogen) atoms. The van der Waals surface area contributed by atoms with Gasteiger partial charge >= 0.3 is 17.9 Å². The van der Waals surface area contributed by atoms with Crippen molar-refractivity contribution in [3.63, 3.8) is 0 Å². The van der Waals surface area contributed by atoms with E-state index < -0.39 is 54.0 Å². The Morgan fingerprint density at radius 3 is 2.66 bits per heavy atom. The van der Waals surface area contributed by atoms with Crippen molar-refractivity contribution in [2.45, 2.75) is 38.0 Å². The zero-order valence-electron chi connectivity index (χ0n) is 20.2. The maximum atomic E-state index is 13.1. The molecule has 3 atom stereocenters. The van der Waals surface area contributed by atoms with Gasteiger partial charge < -0.3 is 30.5 Å². The van der Waals surface area contributed by atoms with Gasteiger partial charge in [-0.05, 0) is 6.26 Å². The highest BCUT2D eigenvalue weighted by Crippen LogP contribution is 2.43. The molecule has 2 aliphatic heterocycles.